The minimum absolute atomic E-state index is 0. The maximum Gasteiger partial charge on any atom is 0.256 e. The first-order chi connectivity index (χ1) is 9.16. The molecule has 0 bridgehead atoms. The van der Waals surface area contributed by atoms with E-state index in [-0.39, 0.29) is 36.8 Å². The van der Waals surface area contributed by atoms with E-state index in [4.69, 9.17) is 0 Å². The molecule has 1 fully saturated rings. The largest absolute Gasteiger partial charge is 0.344 e. The standard InChI is InChI=1S/C13H15FN4O.2ClH/c1-8-6-15-2-3-18(8)13(19)10-4-9(14)5-11-12(10)17-7-16-11;;/h4-5,7-8,15H,2-3,6H2,1H3,(H,16,17);2*1H/t8-;;/m1../s1. The molecule has 1 amide bonds. The van der Waals surface area contributed by atoms with Crippen LogP contribution in [0.2, 0.25) is 0 Å². The van der Waals surface area contributed by atoms with E-state index in [0.717, 1.165) is 13.1 Å². The van der Waals surface area contributed by atoms with Crippen molar-refractivity contribution in [3.63, 3.8) is 0 Å². The average molecular weight is 335 g/mol. The smallest absolute Gasteiger partial charge is 0.256 e. The molecule has 0 unspecified atom stereocenters. The van der Waals surface area contributed by atoms with E-state index in [9.17, 15) is 9.18 Å². The van der Waals surface area contributed by atoms with Gasteiger partial charge in [-0.3, -0.25) is 4.79 Å². The predicted octanol–water partition coefficient (Wildman–Crippen LogP) is 1.98. The van der Waals surface area contributed by atoms with Crippen LogP contribution in [-0.4, -0.2) is 46.5 Å². The van der Waals surface area contributed by atoms with Gasteiger partial charge in [0.15, 0.2) is 0 Å². The number of carbonyl (C=O) groups excluding carboxylic acids is 1. The minimum atomic E-state index is -0.428. The molecule has 1 aliphatic rings. The Kier molecular flexibility index (Phi) is 5.95. The molecule has 0 aliphatic carbocycles. The normalized spacial score (nSPS) is 18.0. The van der Waals surface area contributed by atoms with E-state index in [1.807, 2.05) is 6.92 Å². The van der Waals surface area contributed by atoms with Crippen LogP contribution in [0.25, 0.3) is 11.0 Å². The number of H-pyrrole nitrogens is 1. The highest BCUT2D eigenvalue weighted by Crippen LogP contribution is 2.20. The number of piperazine rings is 1. The Bertz CT molecular complexity index is 634. The lowest BCUT2D eigenvalue weighted by Gasteiger charge is -2.34. The molecule has 116 valence electrons. The van der Waals surface area contributed by atoms with Crippen molar-refractivity contribution in [2.75, 3.05) is 19.6 Å². The van der Waals surface area contributed by atoms with Gasteiger partial charge in [0.1, 0.15) is 11.3 Å². The minimum Gasteiger partial charge on any atom is -0.344 e. The first-order valence-corrected chi connectivity index (χ1v) is 6.31. The van der Waals surface area contributed by atoms with Gasteiger partial charge in [-0.05, 0) is 19.1 Å². The number of fused-ring (bicyclic) bond motifs is 1. The summed E-state index contributed by atoms with van der Waals surface area (Å²) in [7, 11) is 0. The number of rotatable bonds is 1. The van der Waals surface area contributed by atoms with Gasteiger partial charge in [0.05, 0.1) is 17.4 Å². The van der Waals surface area contributed by atoms with Crippen molar-refractivity contribution in [1.29, 1.82) is 0 Å². The molecule has 2 N–H and O–H groups in total. The maximum atomic E-state index is 13.6. The van der Waals surface area contributed by atoms with Crippen LogP contribution in [0.4, 0.5) is 4.39 Å². The molecule has 0 saturated carbocycles. The Morgan fingerprint density at radius 1 is 1.43 bits per heavy atom. The number of amides is 1. The molecule has 5 nitrogen and oxygen atoms in total. The molecule has 2 heterocycles. The van der Waals surface area contributed by atoms with Crippen LogP contribution in [0.5, 0.6) is 0 Å². The van der Waals surface area contributed by atoms with Gasteiger partial charge in [-0.15, -0.1) is 24.8 Å². The van der Waals surface area contributed by atoms with E-state index >= 15 is 0 Å². The Balaban J connectivity index is 0.00000110. The summed E-state index contributed by atoms with van der Waals surface area (Å²) < 4.78 is 13.6. The highest BCUT2D eigenvalue weighted by atomic mass is 35.5. The molecule has 21 heavy (non-hydrogen) atoms. The zero-order chi connectivity index (χ0) is 13.4. The number of imidazole rings is 1. The van der Waals surface area contributed by atoms with Crippen molar-refractivity contribution >= 4 is 41.8 Å². The number of aromatic amines is 1. The quantitative estimate of drug-likeness (QED) is 0.838. The second-order valence-corrected chi connectivity index (χ2v) is 4.80. The van der Waals surface area contributed by atoms with E-state index < -0.39 is 5.82 Å². The molecule has 0 spiro atoms. The number of carbonyl (C=O) groups is 1. The van der Waals surface area contributed by atoms with Crippen molar-refractivity contribution in [1.82, 2.24) is 20.2 Å². The lowest BCUT2D eigenvalue weighted by molar-refractivity contribution is 0.0657. The van der Waals surface area contributed by atoms with Crippen LogP contribution in [0.15, 0.2) is 18.5 Å². The van der Waals surface area contributed by atoms with Crippen molar-refractivity contribution in [2.45, 2.75) is 13.0 Å². The average Bonchev–Trinajstić information content (AvgIpc) is 2.85. The molecule has 1 aliphatic heterocycles. The fourth-order valence-electron chi connectivity index (χ4n) is 2.48. The van der Waals surface area contributed by atoms with Crippen LogP contribution < -0.4 is 5.32 Å². The summed E-state index contributed by atoms with van der Waals surface area (Å²) in [6.07, 6.45) is 1.47. The fourth-order valence-corrected chi connectivity index (χ4v) is 2.48. The lowest BCUT2D eigenvalue weighted by Crippen LogP contribution is -2.52. The number of nitrogens with zero attached hydrogens (tertiary/aromatic N) is 2. The number of halogens is 3. The molecule has 2 aromatic rings. The number of hydrogen-bond acceptors (Lipinski definition) is 3. The van der Waals surface area contributed by atoms with Crippen LogP contribution in [0.1, 0.15) is 17.3 Å². The summed E-state index contributed by atoms with van der Waals surface area (Å²) in [5.41, 5.74) is 1.40. The lowest BCUT2D eigenvalue weighted by atomic mass is 10.1. The third-order valence-electron chi connectivity index (χ3n) is 3.48. The molecular formula is C13H17Cl2FN4O. The third kappa shape index (κ3) is 3.28. The first-order valence-electron chi connectivity index (χ1n) is 6.31. The molecular weight excluding hydrogens is 318 g/mol. The maximum absolute atomic E-state index is 13.6. The van der Waals surface area contributed by atoms with Gasteiger partial charge in [0, 0.05) is 25.7 Å². The SMILES string of the molecule is C[C@@H]1CNCCN1C(=O)c1cc(F)cc2[nH]cnc12.Cl.Cl. The van der Waals surface area contributed by atoms with Gasteiger partial charge in [-0.25, -0.2) is 9.37 Å². The number of aromatic nitrogens is 2. The van der Waals surface area contributed by atoms with Crippen molar-refractivity contribution in [3.05, 3.63) is 29.8 Å². The number of benzene rings is 1. The first kappa shape index (κ1) is 17.7. The second-order valence-electron chi connectivity index (χ2n) is 4.80. The topological polar surface area (TPSA) is 61.0 Å². The monoisotopic (exact) mass is 334 g/mol. The molecule has 8 heteroatoms. The molecule has 1 aromatic carbocycles. The Morgan fingerprint density at radius 3 is 2.90 bits per heavy atom. The zero-order valence-electron chi connectivity index (χ0n) is 11.4. The Morgan fingerprint density at radius 2 is 2.19 bits per heavy atom. The molecule has 3 rings (SSSR count). The summed E-state index contributed by atoms with van der Waals surface area (Å²) in [6, 6.07) is 2.71. The summed E-state index contributed by atoms with van der Waals surface area (Å²) in [4.78, 5) is 21.3. The van der Waals surface area contributed by atoms with Crippen LogP contribution >= 0.6 is 24.8 Å². The van der Waals surface area contributed by atoms with Gasteiger partial charge in [-0.2, -0.15) is 0 Å². The highest BCUT2D eigenvalue weighted by Gasteiger charge is 2.26. The van der Waals surface area contributed by atoms with E-state index in [1.165, 1.54) is 18.5 Å². The molecule has 1 aromatic heterocycles. The van der Waals surface area contributed by atoms with Gasteiger partial charge >= 0.3 is 0 Å². The number of nitrogens with one attached hydrogen (secondary N) is 2. The summed E-state index contributed by atoms with van der Waals surface area (Å²) in [5.74, 6) is -0.589. The van der Waals surface area contributed by atoms with E-state index in [1.54, 1.807) is 4.90 Å². The van der Waals surface area contributed by atoms with Crippen molar-refractivity contribution in [2.24, 2.45) is 0 Å². The predicted molar refractivity (Wildman–Crippen MR) is 83.9 cm³/mol. The summed E-state index contributed by atoms with van der Waals surface area (Å²) in [5, 5.41) is 3.22. The van der Waals surface area contributed by atoms with E-state index in [2.05, 4.69) is 15.3 Å². The fraction of sp³-hybridized carbons (Fsp3) is 0.385. The highest BCUT2D eigenvalue weighted by molar-refractivity contribution is 6.05. The summed E-state index contributed by atoms with van der Waals surface area (Å²) in [6.45, 7) is 4.12. The molecule has 0 radical (unpaired) electrons. The van der Waals surface area contributed by atoms with Gasteiger partial charge < -0.3 is 15.2 Å². The number of hydrogen-bond donors (Lipinski definition) is 2. The third-order valence-corrected chi connectivity index (χ3v) is 3.48. The van der Waals surface area contributed by atoms with Gasteiger partial charge in [0.25, 0.3) is 5.91 Å². The summed E-state index contributed by atoms with van der Waals surface area (Å²) >= 11 is 0. The van der Waals surface area contributed by atoms with Crippen molar-refractivity contribution < 1.29 is 9.18 Å². The van der Waals surface area contributed by atoms with Crippen LogP contribution in [0, 0.1) is 5.82 Å². The van der Waals surface area contributed by atoms with Gasteiger partial charge in [0.2, 0.25) is 0 Å². The molecule has 1 atom stereocenters. The second kappa shape index (κ2) is 7.06. The van der Waals surface area contributed by atoms with Crippen LogP contribution in [0.3, 0.4) is 0 Å². The van der Waals surface area contributed by atoms with E-state index in [0.29, 0.717) is 23.1 Å². The zero-order valence-corrected chi connectivity index (χ0v) is 13.1. The van der Waals surface area contributed by atoms with Gasteiger partial charge in [-0.1, -0.05) is 0 Å². The van der Waals surface area contributed by atoms with Crippen LogP contribution in [-0.2, 0) is 0 Å². The Hall–Kier alpha value is -1.37. The Labute approximate surface area is 134 Å². The van der Waals surface area contributed by atoms with Crippen molar-refractivity contribution in [3.8, 4) is 0 Å². The molecule has 1 saturated heterocycles.